The number of allylic oxidation sites excluding steroid dienone is 1. The van der Waals surface area contributed by atoms with Crippen LogP contribution in [0.4, 0.5) is 4.39 Å². The number of hydrogen-bond donors (Lipinski definition) is 0. The van der Waals surface area contributed by atoms with Gasteiger partial charge in [0.1, 0.15) is 5.67 Å². The van der Waals surface area contributed by atoms with Gasteiger partial charge in [-0.2, -0.15) is 0 Å². The smallest absolute Gasteiger partial charge is 0.111 e. The summed E-state index contributed by atoms with van der Waals surface area (Å²) in [5.41, 5.74) is -0.924. The van der Waals surface area contributed by atoms with Crippen molar-refractivity contribution in [3.8, 4) is 0 Å². The zero-order chi connectivity index (χ0) is 8.32. The zero-order valence-corrected chi connectivity index (χ0v) is 7.28. The van der Waals surface area contributed by atoms with Crippen LogP contribution in [0.25, 0.3) is 0 Å². The fourth-order valence-electron chi connectivity index (χ4n) is 1.93. The van der Waals surface area contributed by atoms with Crippen LogP contribution in [0.1, 0.15) is 39.0 Å². The van der Waals surface area contributed by atoms with Gasteiger partial charge in [-0.15, -0.1) is 6.58 Å². The molecule has 0 saturated heterocycles. The maximum Gasteiger partial charge on any atom is 0.111 e. The molecule has 1 unspecified atom stereocenters. The van der Waals surface area contributed by atoms with Crippen LogP contribution in [0.3, 0.4) is 0 Å². The van der Waals surface area contributed by atoms with E-state index in [0.717, 1.165) is 25.7 Å². The van der Waals surface area contributed by atoms with E-state index in [1.807, 2.05) is 6.08 Å². The fourth-order valence-corrected chi connectivity index (χ4v) is 1.93. The van der Waals surface area contributed by atoms with Gasteiger partial charge >= 0.3 is 0 Å². The molecule has 0 aromatic rings. The lowest BCUT2D eigenvalue weighted by Gasteiger charge is -2.34. The molecule has 11 heavy (non-hydrogen) atoms. The Morgan fingerprint density at radius 2 is 2.36 bits per heavy atom. The molecule has 2 atom stereocenters. The topological polar surface area (TPSA) is 0 Å². The Bertz CT molecular complexity index is 138. The minimum atomic E-state index is -0.924. The quantitative estimate of drug-likeness (QED) is 0.537. The van der Waals surface area contributed by atoms with Gasteiger partial charge in [-0.25, -0.2) is 4.39 Å². The Balaban J connectivity index is 2.52. The van der Waals surface area contributed by atoms with Gasteiger partial charge in [0.25, 0.3) is 0 Å². The van der Waals surface area contributed by atoms with Crippen molar-refractivity contribution < 1.29 is 4.39 Å². The minimum Gasteiger partial charge on any atom is -0.244 e. The summed E-state index contributed by atoms with van der Waals surface area (Å²) in [4.78, 5) is 0. The first kappa shape index (κ1) is 8.76. The molecule has 0 heterocycles. The number of halogens is 1. The molecule has 1 heteroatoms. The third-order valence-electron chi connectivity index (χ3n) is 2.77. The monoisotopic (exact) mass is 156 g/mol. The molecule has 1 saturated carbocycles. The molecule has 0 aromatic heterocycles. The van der Waals surface area contributed by atoms with E-state index in [4.69, 9.17) is 0 Å². The summed E-state index contributed by atoms with van der Waals surface area (Å²) in [6.45, 7) is 5.39. The molecule has 0 nitrogen and oxygen atoms in total. The first-order valence-electron chi connectivity index (χ1n) is 4.46. The lowest BCUT2D eigenvalue weighted by atomic mass is 9.76. The molecular weight excluding hydrogens is 139 g/mol. The molecule has 0 bridgehead atoms. The first-order valence-corrected chi connectivity index (χ1v) is 4.46. The van der Waals surface area contributed by atoms with Crippen LogP contribution >= 0.6 is 0 Å². The molecule has 64 valence electrons. The van der Waals surface area contributed by atoms with Gasteiger partial charge in [0.2, 0.25) is 0 Å². The van der Waals surface area contributed by atoms with E-state index >= 15 is 0 Å². The number of hydrogen-bond acceptors (Lipinski definition) is 0. The average Bonchev–Trinajstić information content (AvgIpc) is 1.94. The van der Waals surface area contributed by atoms with Gasteiger partial charge < -0.3 is 0 Å². The second-order valence-corrected chi connectivity index (χ2v) is 3.75. The van der Waals surface area contributed by atoms with Crippen molar-refractivity contribution in [2.24, 2.45) is 5.92 Å². The predicted octanol–water partition coefficient (Wildman–Crippen LogP) is 3.48. The van der Waals surface area contributed by atoms with Crippen LogP contribution in [0.5, 0.6) is 0 Å². The molecule has 0 spiro atoms. The molecular formula is C10H17F. The van der Waals surface area contributed by atoms with Crippen molar-refractivity contribution in [1.29, 1.82) is 0 Å². The summed E-state index contributed by atoms with van der Waals surface area (Å²) < 4.78 is 13.7. The van der Waals surface area contributed by atoms with Gasteiger partial charge in [0.05, 0.1) is 0 Å². The van der Waals surface area contributed by atoms with Crippen LogP contribution in [0.15, 0.2) is 12.7 Å². The largest absolute Gasteiger partial charge is 0.244 e. The maximum atomic E-state index is 13.7. The van der Waals surface area contributed by atoms with E-state index in [1.54, 1.807) is 6.92 Å². The maximum absolute atomic E-state index is 13.7. The van der Waals surface area contributed by atoms with Crippen LogP contribution in [0.2, 0.25) is 0 Å². The van der Waals surface area contributed by atoms with Crippen molar-refractivity contribution in [3.63, 3.8) is 0 Å². The van der Waals surface area contributed by atoms with Gasteiger partial charge in [0, 0.05) is 0 Å². The molecule has 1 fully saturated rings. The first-order chi connectivity index (χ1) is 5.17. The van der Waals surface area contributed by atoms with Crippen LogP contribution in [-0.2, 0) is 0 Å². The Labute approximate surface area is 68.5 Å². The second-order valence-electron chi connectivity index (χ2n) is 3.75. The highest BCUT2D eigenvalue weighted by atomic mass is 19.1. The van der Waals surface area contributed by atoms with Gasteiger partial charge in [-0.3, -0.25) is 0 Å². The van der Waals surface area contributed by atoms with E-state index in [9.17, 15) is 4.39 Å². The molecule has 0 aromatic carbocycles. The van der Waals surface area contributed by atoms with E-state index in [1.165, 1.54) is 6.42 Å². The summed E-state index contributed by atoms with van der Waals surface area (Å²) >= 11 is 0. The molecule has 1 aliphatic carbocycles. The lowest BCUT2D eigenvalue weighted by molar-refractivity contribution is 0.0585. The molecule has 0 amide bonds. The summed E-state index contributed by atoms with van der Waals surface area (Å²) in [7, 11) is 0. The van der Waals surface area contributed by atoms with E-state index in [0.29, 0.717) is 0 Å². The minimum absolute atomic E-state index is 0.230. The second kappa shape index (κ2) is 3.38. The summed E-state index contributed by atoms with van der Waals surface area (Å²) in [6.07, 6.45) is 6.71. The van der Waals surface area contributed by atoms with Crippen molar-refractivity contribution in [2.45, 2.75) is 44.7 Å². The van der Waals surface area contributed by atoms with Crippen molar-refractivity contribution >= 4 is 0 Å². The van der Waals surface area contributed by atoms with Crippen LogP contribution in [0, 0.1) is 5.92 Å². The van der Waals surface area contributed by atoms with Gasteiger partial charge in [0.15, 0.2) is 0 Å². The molecule has 1 aliphatic rings. The van der Waals surface area contributed by atoms with E-state index in [2.05, 4.69) is 6.58 Å². The highest BCUT2D eigenvalue weighted by Gasteiger charge is 2.35. The summed E-state index contributed by atoms with van der Waals surface area (Å²) in [5, 5.41) is 0. The third kappa shape index (κ3) is 2.05. The molecule has 0 N–H and O–H groups in total. The number of alkyl halides is 1. The highest BCUT2D eigenvalue weighted by molar-refractivity contribution is 4.90. The summed E-state index contributed by atoms with van der Waals surface area (Å²) in [6, 6.07) is 0. The number of rotatable bonds is 2. The predicted molar refractivity (Wildman–Crippen MR) is 46.3 cm³/mol. The standard InChI is InChI=1S/C10H17F/c1-3-6-9-7-4-5-8-10(9,2)11/h3,9H,1,4-8H2,2H3/t9-,10?/m1/s1. The Kier molecular flexibility index (Phi) is 2.69. The van der Waals surface area contributed by atoms with E-state index < -0.39 is 5.67 Å². The van der Waals surface area contributed by atoms with Crippen LogP contribution < -0.4 is 0 Å². The fraction of sp³-hybridized carbons (Fsp3) is 0.800. The SMILES string of the molecule is C=CC[C@@H]1CCCCC1(C)F. The van der Waals surface area contributed by atoms with Gasteiger partial charge in [-0.05, 0) is 32.1 Å². The van der Waals surface area contributed by atoms with Gasteiger partial charge in [-0.1, -0.05) is 18.9 Å². The van der Waals surface area contributed by atoms with Crippen molar-refractivity contribution in [3.05, 3.63) is 12.7 Å². The highest BCUT2D eigenvalue weighted by Crippen LogP contribution is 2.38. The average molecular weight is 156 g/mol. The molecule has 0 radical (unpaired) electrons. The van der Waals surface area contributed by atoms with Crippen LogP contribution in [-0.4, -0.2) is 5.67 Å². The Morgan fingerprint density at radius 3 is 2.91 bits per heavy atom. The molecule has 1 rings (SSSR count). The third-order valence-corrected chi connectivity index (χ3v) is 2.77. The Hall–Kier alpha value is -0.330. The molecule has 0 aliphatic heterocycles. The van der Waals surface area contributed by atoms with Crippen molar-refractivity contribution in [2.75, 3.05) is 0 Å². The lowest BCUT2D eigenvalue weighted by Crippen LogP contribution is -2.32. The zero-order valence-electron chi connectivity index (χ0n) is 7.28. The normalized spacial score (nSPS) is 38.5. The Morgan fingerprint density at radius 1 is 1.64 bits per heavy atom. The van der Waals surface area contributed by atoms with Crippen molar-refractivity contribution in [1.82, 2.24) is 0 Å². The summed E-state index contributed by atoms with van der Waals surface area (Å²) in [5.74, 6) is 0.230. The van der Waals surface area contributed by atoms with E-state index in [-0.39, 0.29) is 5.92 Å².